The summed E-state index contributed by atoms with van der Waals surface area (Å²) in [6.45, 7) is 1.92. The summed E-state index contributed by atoms with van der Waals surface area (Å²) in [4.78, 5) is 12.7. The lowest BCUT2D eigenvalue weighted by Crippen LogP contribution is -2.21. The van der Waals surface area contributed by atoms with E-state index >= 15 is 0 Å². The third kappa shape index (κ3) is 4.56. The van der Waals surface area contributed by atoms with E-state index in [1.807, 2.05) is 43.5 Å². The molecule has 1 aromatic carbocycles. The molecule has 1 atom stereocenters. The molecule has 0 saturated carbocycles. The summed E-state index contributed by atoms with van der Waals surface area (Å²) >= 11 is 1.37. The summed E-state index contributed by atoms with van der Waals surface area (Å²) in [5, 5.41) is 2.59. The van der Waals surface area contributed by atoms with Crippen molar-refractivity contribution in [3.05, 3.63) is 52.5 Å². The maximum absolute atomic E-state index is 12.6. The zero-order valence-corrected chi connectivity index (χ0v) is 14.9. The van der Waals surface area contributed by atoms with Crippen LogP contribution in [-0.2, 0) is 11.0 Å². The molecule has 0 bridgehead atoms. The first kappa shape index (κ1) is 17.5. The molecule has 5 nitrogen and oxygen atoms in total. The normalized spacial score (nSPS) is 16.8. The summed E-state index contributed by atoms with van der Waals surface area (Å²) < 4.78 is 19.8. The maximum atomic E-state index is 12.6. The Morgan fingerprint density at radius 1 is 1.39 bits per heavy atom. The number of aryl methyl sites for hydroxylation is 1. The van der Waals surface area contributed by atoms with E-state index in [0.717, 1.165) is 16.2 Å². The number of nitrogens with zero attached hydrogens (tertiary/aromatic N) is 1. The number of rotatable bonds is 5. The molecule has 0 heterocycles. The Balaban J connectivity index is 2.22. The monoisotopic (exact) mass is 349 g/mol. The van der Waals surface area contributed by atoms with Gasteiger partial charge in [-0.2, -0.15) is 0 Å². The number of nitrogens with one attached hydrogen (secondary N) is 2. The molecule has 0 aliphatic heterocycles. The van der Waals surface area contributed by atoms with Crippen molar-refractivity contribution in [2.45, 2.75) is 13.3 Å². The lowest BCUT2D eigenvalue weighted by atomic mass is 10.1. The lowest BCUT2D eigenvalue weighted by Gasteiger charge is -2.15. The van der Waals surface area contributed by atoms with Gasteiger partial charge >= 0.3 is 0 Å². The quantitative estimate of drug-likeness (QED) is 0.803. The van der Waals surface area contributed by atoms with Crippen molar-refractivity contribution in [2.24, 2.45) is 4.40 Å². The fraction of sp³-hybridized carbons (Fsp3) is 0.250. The molecule has 1 unspecified atom stereocenters. The van der Waals surface area contributed by atoms with Gasteiger partial charge in [0.15, 0.2) is 0 Å². The molecule has 2 N–H and O–H groups in total. The van der Waals surface area contributed by atoms with Crippen molar-refractivity contribution in [1.29, 1.82) is 0 Å². The Kier molecular flexibility index (Phi) is 6.18. The van der Waals surface area contributed by atoms with Gasteiger partial charge in [0.1, 0.15) is 11.0 Å². The first-order valence-electron chi connectivity index (χ1n) is 7.03. The number of hydrogen-bond donors (Lipinski definition) is 2. The maximum Gasteiger partial charge on any atom is 0.253 e. The molecule has 1 amide bonds. The number of amides is 1. The molecular formula is C16H19N3O2S2. The molecule has 2 rings (SSSR count). The van der Waals surface area contributed by atoms with Gasteiger partial charge in [-0.3, -0.25) is 4.79 Å². The summed E-state index contributed by atoms with van der Waals surface area (Å²) in [6, 6.07) is 5.40. The average molecular weight is 349 g/mol. The number of allylic oxidation sites excluding steroid dienone is 4. The molecule has 0 spiro atoms. The molecule has 1 aliphatic rings. The Labute approximate surface area is 143 Å². The van der Waals surface area contributed by atoms with E-state index in [-0.39, 0.29) is 5.91 Å². The van der Waals surface area contributed by atoms with Crippen molar-refractivity contribution < 1.29 is 9.00 Å². The van der Waals surface area contributed by atoms with Crippen molar-refractivity contribution in [3.63, 3.8) is 0 Å². The van der Waals surface area contributed by atoms with Crippen molar-refractivity contribution in [1.82, 2.24) is 5.32 Å². The van der Waals surface area contributed by atoms with Crippen LogP contribution in [-0.4, -0.2) is 29.1 Å². The van der Waals surface area contributed by atoms with Crippen LogP contribution in [0, 0.1) is 6.92 Å². The van der Waals surface area contributed by atoms with Crippen LogP contribution in [0.25, 0.3) is 0 Å². The fourth-order valence-corrected chi connectivity index (χ4v) is 3.45. The third-order valence-electron chi connectivity index (χ3n) is 3.22. The highest BCUT2D eigenvalue weighted by atomic mass is 32.2. The van der Waals surface area contributed by atoms with Crippen molar-refractivity contribution >= 4 is 40.2 Å². The number of carbonyl (C=O) groups excluding carboxylic acids is 1. The molecule has 122 valence electrons. The van der Waals surface area contributed by atoms with Gasteiger partial charge in [0.25, 0.3) is 5.91 Å². The summed E-state index contributed by atoms with van der Waals surface area (Å²) in [5.74, 6) is -0.216. The number of benzene rings is 1. The number of hydrogen-bond acceptors (Lipinski definition) is 4. The Bertz CT molecular complexity index is 724. The standard InChI is InChI=1S/C16H19N3O2S2/c1-11-7-8-14(16(20)17-2)15(9-11)19-23(21)13-6-4-5-12(10-13)18-22-3/h4-9,19H,10H2,1-3H3,(H,17,20)/b18-12-. The van der Waals surface area contributed by atoms with Crippen molar-refractivity contribution in [3.8, 4) is 0 Å². The van der Waals surface area contributed by atoms with Crippen molar-refractivity contribution in [2.75, 3.05) is 18.0 Å². The third-order valence-corrected chi connectivity index (χ3v) is 4.80. The van der Waals surface area contributed by atoms with Gasteiger partial charge in [0.05, 0.1) is 17.0 Å². The van der Waals surface area contributed by atoms with Crippen LogP contribution in [0.4, 0.5) is 5.69 Å². The lowest BCUT2D eigenvalue weighted by molar-refractivity contribution is 0.0964. The van der Waals surface area contributed by atoms with E-state index in [0.29, 0.717) is 17.7 Å². The second-order valence-corrected chi connectivity index (χ2v) is 6.75. The largest absolute Gasteiger partial charge is 0.355 e. The zero-order chi connectivity index (χ0) is 16.8. The minimum atomic E-state index is -1.43. The van der Waals surface area contributed by atoms with Gasteiger partial charge in [0.2, 0.25) is 0 Å². The SMILES string of the molecule is CNC(=O)c1ccc(C)cc1NS(=O)C1=CC=C/C(=N/SC)C1. The van der Waals surface area contributed by atoms with Gasteiger partial charge in [-0.1, -0.05) is 12.1 Å². The number of anilines is 1. The van der Waals surface area contributed by atoms with E-state index < -0.39 is 11.0 Å². The first-order valence-corrected chi connectivity index (χ1v) is 9.36. The van der Waals surface area contributed by atoms with E-state index in [9.17, 15) is 9.00 Å². The van der Waals surface area contributed by atoms with Crippen LogP contribution < -0.4 is 10.0 Å². The van der Waals surface area contributed by atoms with Gasteiger partial charge in [-0.25, -0.2) is 8.61 Å². The highest BCUT2D eigenvalue weighted by molar-refractivity contribution is 7.97. The molecule has 0 radical (unpaired) electrons. The smallest absolute Gasteiger partial charge is 0.253 e. The summed E-state index contributed by atoms with van der Waals surface area (Å²) in [7, 11) is 0.143. The minimum absolute atomic E-state index is 0.216. The van der Waals surface area contributed by atoms with Crippen LogP contribution in [0.2, 0.25) is 0 Å². The van der Waals surface area contributed by atoms with Crippen LogP contribution in [0.15, 0.2) is 45.7 Å². The van der Waals surface area contributed by atoms with E-state index in [4.69, 9.17) is 0 Å². The fourth-order valence-electron chi connectivity index (χ4n) is 2.11. The predicted octanol–water partition coefficient (Wildman–Crippen LogP) is 2.99. The van der Waals surface area contributed by atoms with E-state index in [1.165, 1.54) is 11.9 Å². The zero-order valence-electron chi connectivity index (χ0n) is 13.3. The minimum Gasteiger partial charge on any atom is -0.355 e. The highest BCUT2D eigenvalue weighted by Crippen LogP contribution is 2.22. The first-order chi connectivity index (χ1) is 11.0. The van der Waals surface area contributed by atoms with E-state index in [1.54, 1.807) is 13.1 Å². The molecule has 7 heteroatoms. The van der Waals surface area contributed by atoms with Crippen LogP contribution in [0.3, 0.4) is 0 Å². The van der Waals surface area contributed by atoms with Gasteiger partial charge in [-0.15, -0.1) is 0 Å². The topological polar surface area (TPSA) is 70.6 Å². The molecule has 0 fully saturated rings. The molecule has 1 aromatic rings. The molecular weight excluding hydrogens is 330 g/mol. The average Bonchev–Trinajstić information content (AvgIpc) is 2.55. The Morgan fingerprint density at radius 3 is 2.87 bits per heavy atom. The highest BCUT2D eigenvalue weighted by Gasteiger charge is 2.16. The number of carbonyl (C=O) groups is 1. The molecule has 0 saturated heterocycles. The van der Waals surface area contributed by atoms with Gasteiger partial charge < -0.3 is 10.0 Å². The predicted molar refractivity (Wildman–Crippen MR) is 99.1 cm³/mol. The van der Waals surface area contributed by atoms with Crippen LogP contribution in [0.5, 0.6) is 0 Å². The summed E-state index contributed by atoms with van der Waals surface area (Å²) in [6.07, 6.45) is 7.97. The van der Waals surface area contributed by atoms with E-state index in [2.05, 4.69) is 14.4 Å². The summed E-state index contributed by atoms with van der Waals surface area (Å²) in [5.41, 5.74) is 2.89. The molecule has 0 aromatic heterocycles. The molecule has 1 aliphatic carbocycles. The Hall–Kier alpha value is -1.86. The Morgan fingerprint density at radius 2 is 2.17 bits per heavy atom. The van der Waals surface area contributed by atoms with Gasteiger partial charge in [-0.05, 0) is 48.7 Å². The van der Waals surface area contributed by atoms with Crippen LogP contribution in [0.1, 0.15) is 22.3 Å². The second-order valence-electron chi connectivity index (χ2n) is 4.93. The van der Waals surface area contributed by atoms with Crippen LogP contribution >= 0.6 is 11.9 Å². The van der Waals surface area contributed by atoms with Gasteiger partial charge in [0, 0.05) is 24.6 Å². The second kappa shape index (κ2) is 8.12. The molecule has 23 heavy (non-hydrogen) atoms.